The van der Waals surface area contributed by atoms with Gasteiger partial charge in [0.2, 0.25) is 0 Å². The highest BCUT2D eigenvalue weighted by molar-refractivity contribution is 7.86. The minimum Gasteiger partial charge on any atom is -0.344 e. The van der Waals surface area contributed by atoms with E-state index in [0.29, 0.717) is 0 Å². The highest BCUT2D eigenvalue weighted by Gasteiger charge is 2.14. The van der Waals surface area contributed by atoms with E-state index in [1.54, 1.807) is 24.3 Å². The molecule has 0 aliphatic rings. The Labute approximate surface area is 174 Å². The summed E-state index contributed by atoms with van der Waals surface area (Å²) >= 11 is 0. The second-order valence-corrected chi connectivity index (χ2v) is 9.30. The number of hydrogen-bond acceptors (Lipinski definition) is 4. The van der Waals surface area contributed by atoms with E-state index < -0.39 is 10.1 Å². The summed E-state index contributed by atoms with van der Waals surface area (Å²) in [5, 5.41) is 0. The Bertz CT molecular complexity index is 570. The van der Waals surface area contributed by atoms with Gasteiger partial charge in [-0.2, -0.15) is 8.42 Å². The Balaban J connectivity index is 0.00000729. The number of rotatable bonds is 17. The summed E-state index contributed by atoms with van der Waals surface area (Å²) in [5.41, 5.74) is 1.04. The molecule has 1 aromatic carbocycles. The second kappa shape index (κ2) is 17.0. The monoisotopic (exact) mass is 413 g/mol. The van der Waals surface area contributed by atoms with E-state index in [2.05, 4.69) is 6.92 Å². The number of aryl methyl sites for hydroxylation is 1. The minimum absolute atomic E-state index is 0. The Morgan fingerprint density at radius 1 is 0.679 bits per heavy atom. The van der Waals surface area contributed by atoms with Gasteiger partial charge in [0.1, 0.15) is 0 Å². The van der Waals surface area contributed by atoms with Crippen LogP contribution in [0, 0.1) is 6.92 Å². The molecule has 0 radical (unpaired) electrons. The maximum Gasteiger partial charge on any atom is 0.296 e. The molecule has 3 N–H and O–H groups in total. The van der Waals surface area contributed by atoms with Gasteiger partial charge < -0.3 is 6.15 Å². The normalized spacial score (nSPS) is 11.4. The smallest absolute Gasteiger partial charge is 0.296 e. The fourth-order valence-corrected chi connectivity index (χ4v) is 4.18. The summed E-state index contributed by atoms with van der Waals surface area (Å²) in [7, 11) is -3.59. The molecular formula is C23H43NO3S. The van der Waals surface area contributed by atoms with Crippen molar-refractivity contribution < 1.29 is 12.6 Å². The second-order valence-electron chi connectivity index (χ2n) is 7.69. The molecular weight excluding hydrogens is 370 g/mol. The zero-order valence-corrected chi connectivity index (χ0v) is 19.1. The van der Waals surface area contributed by atoms with Crippen molar-refractivity contribution in [2.24, 2.45) is 0 Å². The van der Waals surface area contributed by atoms with E-state index in [1.807, 2.05) is 6.92 Å². The number of unbranched alkanes of at least 4 members (excludes halogenated alkanes) is 13. The Hall–Kier alpha value is -0.910. The van der Waals surface area contributed by atoms with E-state index >= 15 is 0 Å². The third-order valence-corrected chi connectivity index (χ3v) is 6.37. The van der Waals surface area contributed by atoms with Crippen LogP contribution >= 0.6 is 0 Å². The van der Waals surface area contributed by atoms with Gasteiger partial charge in [0.05, 0.1) is 11.5 Å². The lowest BCUT2D eigenvalue weighted by Gasteiger charge is -2.06. The molecule has 0 atom stereocenters. The molecule has 0 saturated carbocycles. The average Bonchev–Trinajstić information content (AvgIpc) is 2.65. The maximum atomic E-state index is 12.1. The molecule has 0 bridgehead atoms. The molecule has 0 spiro atoms. The predicted molar refractivity (Wildman–Crippen MR) is 120 cm³/mol. The summed E-state index contributed by atoms with van der Waals surface area (Å²) < 4.78 is 29.2. The van der Waals surface area contributed by atoms with Crippen LogP contribution < -0.4 is 6.15 Å². The Morgan fingerprint density at radius 3 is 1.50 bits per heavy atom. The summed E-state index contributed by atoms with van der Waals surface area (Å²) in [6.07, 6.45) is 18.0. The van der Waals surface area contributed by atoms with Gasteiger partial charge in [0.15, 0.2) is 0 Å². The summed E-state index contributed by atoms with van der Waals surface area (Å²) in [6, 6.07) is 6.80. The van der Waals surface area contributed by atoms with Crippen LogP contribution in [0.4, 0.5) is 0 Å². The van der Waals surface area contributed by atoms with Crippen LogP contribution in [-0.4, -0.2) is 15.0 Å². The zero-order valence-electron chi connectivity index (χ0n) is 18.3. The van der Waals surface area contributed by atoms with Crippen LogP contribution in [0.1, 0.15) is 102 Å². The van der Waals surface area contributed by atoms with E-state index in [-0.39, 0.29) is 17.7 Å². The summed E-state index contributed by atoms with van der Waals surface area (Å²) in [4.78, 5) is 0.249. The van der Waals surface area contributed by atoms with Crippen LogP contribution in [0.5, 0.6) is 0 Å². The summed E-state index contributed by atoms with van der Waals surface area (Å²) in [6.45, 7) is 4.49. The first-order valence-corrected chi connectivity index (χ1v) is 12.4. The maximum absolute atomic E-state index is 12.1. The van der Waals surface area contributed by atoms with Crippen molar-refractivity contribution in [2.45, 2.75) is 109 Å². The molecule has 1 rings (SSSR count). The van der Waals surface area contributed by atoms with Gasteiger partial charge in [-0.25, -0.2) is 0 Å². The van der Waals surface area contributed by atoms with E-state index in [1.165, 1.54) is 77.0 Å². The standard InChI is InChI=1S/C23H40O3S.H3N/c1-3-4-5-6-7-8-9-10-11-12-13-14-15-16-21-26-27(24,25)23-19-17-22(2)18-20-23;/h17-20H,3-16,21H2,1-2H3;1H3. The van der Waals surface area contributed by atoms with Gasteiger partial charge >= 0.3 is 0 Å². The molecule has 0 fully saturated rings. The van der Waals surface area contributed by atoms with Gasteiger partial charge in [0, 0.05) is 0 Å². The van der Waals surface area contributed by atoms with Crippen LogP contribution in [0.15, 0.2) is 29.2 Å². The molecule has 4 nitrogen and oxygen atoms in total. The predicted octanol–water partition coefficient (Wildman–Crippen LogP) is 7.34. The van der Waals surface area contributed by atoms with Crippen molar-refractivity contribution in [1.82, 2.24) is 6.15 Å². The summed E-state index contributed by atoms with van der Waals surface area (Å²) in [5.74, 6) is 0. The third-order valence-electron chi connectivity index (χ3n) is 5.05. The fourth-order valence-electron chi connectivity index (χ4n) is 3.24. The highest BCUT2D eigenvalue weighted by Crippen LogP contribution is 2.15. The Kier molecular flexibility index (Phi) is 16.4. The zero-order chi connectivity index (χ0) is 19.8. The lowest BCUT2D eigenvalue weighted by molar-refractivity contribution is 0.306. The molecule has 0 aliphatic heterocycles. The van der Waals surface area contributed by atoms with Crippen LogP contribution in [-0.2, 0) is 14.3 Å². The topological polar surface area (TPSA) is 78.4 Å². The average molecular weight is 414 g/mol. The van der Waals surface area contributed by atoms with Crippen molar-refractivity contribution >= 4 is 10.1 Å². The van der Waals surface area contributed by atoms with Crippen molar-refractivity contribution in [2.75, 3.05) is 6.61 Å². The molecule has 28 heavy (non-hydrogen) atoms. The van der Waals surface area contributed by atoms with E-state index in [4.69, 9.17) is 4.18 Å². The van der Waals surface area contributed by atoms with Gasteiger partial charge in [-0.15, -0.1) is 0 Å². The van der Waals surface area contributed by atoms with E-state index in [0.717, 1.165) is 18.4 Å². The largest absolute Gasteiger partial charge is 0.344 e. The molecule has 0 heterocycles. The van der Waals surface area contributed by atoms with Gasteiger partial charge in [0.25, 0.3) is 10.1 Å². The molecule has 0 saturated heterocycles. The number of hydrogen-bond donors (Lipinski definition) is 1. The lowest BCUT2D eigenvalue weighted by atomic mass is 10.0. The quantitative estimate of drug-likeness (QED) is 0.214. The Morgan fingerprint density at radius 2 is 1.07 bits per heavy atom. The molecule has 164 valence electrons. The highest BCUT2D eigenvalue weighted by atomic mass is 32.2. The molecule has 0 unspecified atom stereocenters. The molecule has 0 aliphatic carbocycles. The first-order valence-electron chi connectivity index (χ1n) is 11.0. The van der Waals surface area contributed by atoms with Crippen LogP contribution in [0.2, 0.25) is 0 Å². The van der Waals surface area contributed by atoms with Gasteiger partial charge in [-0.1, -0.05) is 108 Å². The minimum atomic E-state index is -3.59. The SMILES string of the molecule is CCCCCCCCCCCCCCCCOS(=O)(=O)c1ccc(C)cc1.N. The van der Waals surface area contributed by atoms with Gasteiger partial charge in [-0.3, -0.25) is 4.18 Å². The van der Waals surface area contributed by atoms with Crippen LogP contribution in [0.25, 0.3) is 0 Å². The van der Waals surface area contributed by atoms with Crippen molar-refractivity contribution in [3.05, 3.63) is 29.8 Å². The molecule has 0 aromatic heterocycles. The first kappa shape index (κ1) is 27.1. The van der Waals surface area contributed by atoms with Gasteiger partial charge in [-0.05, 0) is 25.5 Å². The molecule has 1 aromatic rings. The number of benzene rings is 1. The third kappa shape index (κ3) is 13.3. The lowest BCUT2D eigenvalue weighted by Crippen LogP contribution is -2.07. The van der Waals surface area contributed by atoms with Crippen LogP contribution in [0.3, 0.4) is 0 Å². The van der Waals surface area contributed by atoms with Crippen molar-refractivity contribution in [3.8, 4) is 0 Å². The first-order chi connectivity index (χ1) is 13.1. The van der Waals surface area contributed by atoms with Crippen molar-refractivity contribution in [3.63, 3.8) is 0 Å². The fraction of sp³-hybridized carbons (Fsp3) is 0.739. The van der Waals surface area contributed by atoms with E-state index in [9.17, 15) is 8.42 Å². The molecule has 5 heteroatoms. The molecule has 0 amide bonds. The van der Waals surface area contributed by atoms with Crippen molar-refractivity contribution in [1.29, 1.82) is 0 Å².